The van der Waals surface area contributed by atoms with Crippen LogP contribution in [0.5, 0.6) is 0 Å². The number of hydrogen-bond acceptors (Lipinski definition) is 0. The Labute approximate surface area is 146 Å². The molecule has 24 heavy (non-hydrogen) atoms. The molecule has 0 bridgehead atoms. The van der Waals surface area contributed by atoms with Crippen LogP contribution >= 0.6 is 0 Å². The maximum Gasteiger partial charge on any atom is 0.162 e. The van der Waals surface area contributed by atoms with Crippen molar-refractivity contribution in [2.75, 3.05) is 0 Å². The minimum atomic E-state index is -1.88. The minimum Gasteiger partial charge on any atom is -0.244 e. The highest BCUT2D eigenvalue weighted by atomic mass is 19.2. The quantitative estimate of drug-likeness (QED) is 0.524. The average Bonchev–Trinajstić information content (AvgIpc) is 2.59. The third-order valence-electron chi connectivity index (χ3n) is 7.41. The smallest absolute Gasteiger partial charge is 0.162 e. The molecule has 0 aromatic heterocycles. The summed E-state index contributed by atoms with van der Waals surface area (Å²) < 4.78 is 40.3. The number of hydrogen-bond donors (Lipinski definition) is 0. The summed E-state index contributed by atoms with van der Waals surface area (Å²) in [5, 5.41) is 0. The molecular weight excluding hydrogens is 309 g/mol. The van der Waals surface area contributed by atoms with E-state index in [0.29, 0.717) is 0 Å². The molecule has 0 aromatic rings. The lowest BCUT2D eigenvalue weighted by molar-refractivity contribution is 0.0139. The molecule has 3 fully saturated rings. The number of alkyl halides is 3. The molecule has 0 heterocycles. The van der Waals surface area contributed by atoms with Crippen molar-refractivity contribution < 1.29 is 13.2 Å². The Morgan fingerprint density at radius 3 is 1.62 bits per heavy atom. The summed E-state index contributed by atoms with van der Waals surface area (Å²) in [5.41, 5.74) is 0. The van der Waals surface area contributed by atoms with Crippen molar-refractivity contribution in [3.63, 3.8) is 0 Å². The first kappa shape index (κ1) is 18.6. The normalized spacial score (nSPS) is 47.5. The van der Waals surface area contributed by atoms with E-state index in [4.69, 9.17) is 0 Å². The van der Waals surface area contributed by atoms with Crippen molar-refractivity contribution in [2.45, 2.75) is 102 Å². The van der Waals surface area contributed by atoms with Gasteiger partial charge in [0.2, 0.25) is 0 Å². The molecular formula is C21H35F3. The molecule has 3 rings (SSSR count). The van der Waals surface area contributed by atoms with Crippen molar-refractivity contribution in [1.29, 1.82) is 0 Å². The first-order valence-corrected chi connectivity index (χ1v) is 10.4. The second-order valence-electron chi connectivity index (χ2n) is 9.19. The number of rotatable bonds is 4. The zero-order valence-corrected chi connectivity index (χ0v) is 15.2. The Kier molecular flexibility index (Phi) is 6.54. The molecule has 0 N–H and O–H groups in total. The lowest BCUT2D eigenvalue weighted by atomic mass is 9.68. The van der Waals surface area contributed by atoms with Gasteiger partial charge >= 0.3 is 0 Å². The molecule has 140 valence electrons. The molecule has 0 nitrogen and oxygen atoms in total. The molecule has 0 saturated heterocycles. The summed E-state index contributed by atoms with van der Waals surface area (Å²) in [6.07, 6.45) is 8.41. The molecule has 0 radical (unpaired) electrons. The van der Waals surface area contributed by atoms with Crippen LogP contribution in [0.15, 0.2) is 0 Å². The largest absolute Gasteiger partial charge is 0.244 e. The van der Waals surface area contributed by atoms with Crippen LogP contribution in [0.25, 0.3) is 0 Å². The highest BCUT2D eigenvalue weighted by molar-refractivity contribution is 4.87. The lowest BCUT2D eigenvalue weighted by Crippen LogP contribution is -2.37. The van der Waals surface area contributed by atoms with E-state index >= 15 is 0 Å². The molecule has 2 atom stereocenters. The van der Waals surface area contributed by atoms with Gasteiger partial charge in [0.15, 0.2) is 6.17 Å². The van der Waals surface area contributed by atoms with Gasteiger partial charge in [-0.2, -0.15) is 0 Å². The highest BCUT2D eigenvalue weighted by Gasteiger charge is 2.39. The van der Waals surface area contributed by atoms with Gasteiger partial charge in [0.05, 0.1) is 0 Å². The van der Waals surface area contributed by atoms with E-state index in [1.54, 1.807) is 0 Å². The predicted molar refractivity (Wildman–Crippen MR) is 93.2 cm³/mol. The Bertz CT molecular complexity index is 357. The van der Waals surface area contributed by atoms with Crippen LogP contribution in [0, 0.1) is 29.6 Å². The molecule has 3 heteroatoms. The van der Waals surface area contributed by atoms with E-state index in [-0.39, 0.29) is 18.8 Å². The van der Waals surface area contributed by atoms with Crippen LogP contribution in [0.1, 0.15) is 84.0 Å². The van der Waals surface area contributed by atoms with Gasteiger partial charge in [-0.1, -0.05) is 39.0 Å². The van der Waals surface area contributed by atoms with Crippen molar-refractivity contribution >= 4 is 0 Å². The van der Waals surface area contributed by atoms with Gasteiger partial charge in [-0.25, -0.2) is 13.2 Å². The summed E-state index contributed by atoms with van der Waals surface area (Å²) >= 11 is 0. The van der Waals surface area contributed by atoms with Gasteiger partial charge in [-0.05, 0) is 74.5 Å². The highest BCUT2D eigenvalue weighted by Crippen LogP contribution is 2.43. The van der Waals surface area contributed by atoms with Crippen LogP contribution < -0.4 is 0 Å². The van der Waals surface area contributed by atoms with Gasteiger partial charge in [0.25, 0.3) is 0 Å². The summed E-state index contributed by atoms with van der Waals surface area (Å²) in [4.78, 5) is 0. The van der Waals surface area contributed by atoms with Crippen molar-refractivity contribution in [3.05, 3.63) is 0 Å². The molecule has 0 spiro atoms. The summed E-state index contributed by atoms with van der Waals surface area (Å²) in [6, 6.07) is 0. The topological polar surface area (TPSA) is 0 Å². The molecule has 3 aliphatic carbocycles. The summed E-state index contributed by atoms with van der Waals surface area (Å²) in [5.74, 6) is 3.61. The second-order valence-corrected chi connectivity index (χ2v) is 9.19. The van der Waals surface area contributed by atoms with Crippen molar-refractivity contribution in [3.8, 4) is 0 Å². The molecule has 2 unspecified atom stereocenters. The number of halogens is 3. The summed E-state index contributed by atoms with van der Waals surface area (Å²) in [6.45, 7) is 2.38. The third kappa shape index (κ3) is 4.69. The molecule has 0 amide bonds. The minimum absolute atomic E-state index is 0.0551. The fourth-order valence-electron chi connectivity index (χ4n) is 5.63. The van der Waals surface area contributed by atoms with Crippen molar-refractivity contribution in [2.24, 2.45) is 29.6 Å². The zero-order valence-electron chi connectivity index (χ0n) is 15.2. The molecule has 3 saturated carbocycles. The van der Waals surface area contributed by atoms with Crippen LogP contribution in [0.4, 0.5) is 13.2 Å². The van der Waals surface area contributed by atoms with Crippen molar-refractivity contribution in [1.82, 2.24) is 0 Å². The molecule has 3 aliphatic rings. The average molecular weight is 345 g/mol. The van der Waals surface area contributed by atoms with E-state index in [1.807, 2.05) is 0 Å². The molecule has 0 aliphatic heterocycles. The standard InChI is InChI=1S/C21H35F3/c1-14-2-8-17(9-3-14)18-10-6-15(7-11-18)4-5-16-12-19(22)21(24)20(23)13-16/h14-21H,2-13H2,1H3. The Hall–Kier alpha value is -0.210. The van der Waals surface area contributed by atoms with E-state index in [0.717, 1.165) is 36.5 Å². The molecule has 0 aromatic carbocycles. The van der Waals surface area contributed by atoms with Crippen LogP contribution in [0.3, 0.4) is 0 Å². The van der Waals surface area contributed by atoms with E-state index in [1.165, 1.54) is 51.4 Å². The zero-order chi connectivity index (χ0) is 17.1. The first-order valence-electron chi connectivity index (χ1n) is 10.4. The SMILES string of the molecule is CC1CCC(C2CCC(CCC3CC(F)C(F)C(F)C3)CC2)CC1. The van der Waals surface area contributed by atoms with E-state index in [2.05, 4.69) is 6.92 Å². The third-order valence-corrected chi connectivity index (χ3v) is 7.41. The summed E-state index contributed by atoms with van der Waals surface area (Å²) in [7, 11) is 0. The maximum absolute atomic E-state index is 13.5. The van der Waals surface area contributed by atoms with Gasteiger partial charge in [0.1, 0.15) is 12.3 Å². The van der Waals surface area contributed by atoms with E-state index < -0.39 is 18.5 Å². The fraction of sp³-hybridized carbons (Fsp3) is 1.00. The fourth-order valence-corrected chi connectivity index (χ4v) is 5.63. The Morgan fingerprint density at radius 1 is 0.625 bits per heavy atom. The predicted octanol–water partition coefficient (Wildman–Crippen LogP) is 6.82. The Balaban J connectivity index is 1.35. The van der Waals surface area contributed by atoms with Gasteiger partial charge in [0, 0.05) is 0 Å². The van der Waals surface area contributed by atoms with Crippen LogP contribution in [0.2, 0.25) is 0 Å². The first-order chi connectivity index (χ1) is 11.5. The maximum atomic E-state index is 13.5. The second kappa shape index (κ2) is 8.45. The lowest BCUT2D eigenvalue weighted by Gasteiger charge is -2.38. The van der Waals surface area contributed by atoms with Gasteiger partial charge in [-0.3, -0.25) is 0 Å². The van der Waals surface area contributed by atoms with Gasteiger partial charge < -0.3 is 0 Å². The monoisotopic (exact) mass is 344 g/mol. The Morgan fingerprint density at radius 2 is 1.08 bits per heavy atom. The van der Waals surface area contributed by atoms with Crippen LogP contribution in [-0.4, -0.2) is 18.5 Å². The van der Waals surface area contributed by atoms with Crippen LogP contribution in [-0.2, 0) is 0 Å². The van der Waals surface area contributed by atoms with Gasteiger partial charge in [-0.15, -0.1) is 0 Å². The van der Waals surface area contributed by atoms with E-state index in [9.17, 15) is 13.2 Å².